The largest absolute Gasteiger partial charge is 0.494 e. The predicted molar refractivity (Wildman–Crippen MR) is 200 cm³/mol. The Balaban J connectivity index is 1.34. The van der Waals surface area contributed by atoms with Gasteiger partial charge >= 0.3 is 0 Å². The normalized spacial score (nSPS) is 11.1. The van der Waals surface area contributed by atoms with Crippen molar-refractivity contribution in [3.05, 3.63) is 89.5 Å². The number of ketones is 2. The Morgan fingerprint density at radius 3 is 1.51 bits per heavy atom. The van der Waals surface area contributed by atoms with Crippen LogP contribution in [-0.4, -0.2) is 18.2 Å². The van der Waals surface area contributed by atoms with E-state index in [1.165, 1.54) is 121 Å². The quantitative estimate of drug-likeness (QED) is 0.0474. The molecule has 0 fully saturated rings. The summed E-state index contributed by atoms with van der Waals surface area (Å²) in [5.74, 6) is 0.363. The summed E-state index contributed by atoms with van der Waals surface area (Å²) in [6.45, 7) is 5.18. The SMILES string of the molecule is CCCCCCCCCCCCc1ccc(-c2ccc(C(=O)CC(=O)c3cccc(OCCCCCCCCCCC)c3)cc2)cc1. The van der Waals surface area contributed by atoms with Gasteiger partial charge in [-0.05, 0) is 48.1 Å². The van der Waals surface area contributed by atoms with Gasteiger partial charge in [0.2, 0.25) is 0 Å². The number of unbranched alkanes of at least 4 members (excludes halogenated alkanes) is 17. The Morgan fingerprint density at radius 1 is 0.489 bits per heavy atom. The van der Waals surface area contributed by atoms with Crippen LogP contribution in [0.25, 0.3) is 11.1 Å². The molecule has 0 aliphatic carbocycles. The van der Waals surface area contributed by atoms with Gasteiger partial charge in [0.25, 0.3) is 0 Å². The monoisotopic (exact) mass is 638 g/mol. The molecule has 0 atom stereocenters. The molecule has 0 heterocycles. The molecule has 0 saturated heterocycles. The van der Waals surface area contributed by atoms with E-state index in [0.717, 1.165) is 24.0 Å². The Bertz CT molecular complexity index is 1260. The minimum Gasteiger partial charge on any atom is -0.494 e. The van der Waals surface area contributed by atoms with Crippen LogP contribution >= 0.6 is 0 Å². The summed E-state index contributed by atoms with van der Waals surface area (Å²) in [6.07, 6.45) is 26.0. The highest BCUT2D eigenvalue weighted by Crippen LogP contribution is 2.23. The molecule has 256 valence electrons. The third-order valence-electron chi connectivity index (χ3n) is 9.31. The molecule has 0 spiro atoms. The van der Waals surface area contributed by atoms with E-state index >= 15 is 0 Å². The van der Waals surface area contributed by atoms with E-state index < -0.39 is 0 Å². The number of carbonyl (C=O) groups excluding carboxylic acids is 2. The summed E-state index contributed by atoms with van der Waals surface area (Å²) >= 11 is 0. The van der Waals surface area contributed by atoms with Crippen LogP contribution in [0.3, 0.4) is 0 Å². The Labute approximate surface area is 286 Å². The van der Waals surface area contributed by atoms with Crippen LogP contribution in [0.15, 0.2) is 72.8 Å². The van der Waals surface area contributed by atoms with Crippen molar-refractivity contribution < 1.29 is 14.3 Å². The first-order valence-electron chi connectivity index (χ1n) is 19.1. The molecule has 0 radical (unpaired) electrons. The highest BCUT2D eigenvalue weighted by Gasteiger charge is 2.15. The van der Waals surface area contributed by atoms with Crippen molar-refractivity contribution in [2.45, 2.75) is 149 Å². The zero-order chi connectivity index (χ0) is 33.4. The van der Waals surface area contributed by atoms with Crippen molar-refractivity contribution in [3.63, 3.8) is 0 Å². The van der Waals surface area contributed by atoms with Crippen molar-refractivity contribution in [2.75, 3.05) is 6.61 Å². The smallest absolute Gasteiger partial charge is 0.170 e. The molecule has 3 aromatic carbocycles. The van der Waals surface area contributed by atoms with Crippen molar-refractivity contribution in [1.29, 1.82) is 0 Å². The third-order valence-corrected chi connectivity index (χ3v) is 9.31. The zero-order valence-corrected chi connectivity index (χ0v) is 29.7. The van der Waals surface area contributed by atoms with Crippen molar-refractivity contribution in [1.82, 2.24) is 0 Å². The molecule has 3 rings (SSSR count). The van der Waals surface area contributed by atoms with E-state index in [2.05, 4.69) is 38.1 Å². The van der Waals surface area contributed by atoms with Crippen molar-refractivity contribution in [2.24, 2.45) is 0 Å². The van der Waals surface area contributed by atoms with Crippen LogP contribution in [0.4, 0.5) is 0 Å². The molecular formula is C44H62O3. The highest BCUT2D eigenvalue weighted by atomic mass is 16.5. The average molecular weight is 639 g/mol. The lowest BCUT2D eigenvalue weighted by Gasteiger charge is -2.08. The fourth-order valence-corrected chi connectivity index (χ4v) is 6.24. The number of hydrogen-bond donors (Lipinski definition) is 0. The number of aryl methyl sites for hydroxylation is 1. The predicted octanol–water partition coefficient (Wildman–Crippen LogP) is 13.2. The summed E-state index contributed by atoms with van der Waals surface area (Å²) < 4.78 is 5.92. The van der Waals surface area contributed by atoms with Gasteiger partial charge in [-0.3, -0.25) is 9.59 Å². The number of Topliss-reactive ketones (excluding diaryl/α,β-unsaturated/α-hetero) is 2. The Kier molecular flexibility index (Phi) is 19.5. The van der Waals surface area contributed by atoms with Crippen LogP contribution in [0.2, 0.25) is 0 Å². The van der Waals surface area contributed by atoms with Gasteiger partial charge in [0, 0.05) is 11.1 Å². The molecule has 0 unspecified atom stereocenters. The van der Waals surface area contributed by atoms with E-state index in [1.54, 1.807) is 12.1 Å². The molecule has 0 bridgehead atoms. The molecule has 47 heavy (non-hydrogen) atoms. The van der Waals surface area contributed by atoms with Gasteiger partial charge in [-0.2, -0.15) is 0 Å². The van der Waals surface area contributed by atoms with Crippen LogP contribution in [-0.2, 0) is 6.42 Å². The number of hydrogen-bond acceptors (Lipinski definition) is 3. The zero-order valence-electron chi connectivity index (χ0n) is 29.7. The number of carbonyl (C=O) groups is 2. The maximum absolute atomic E-state index is 13.0. The topological polar surface area (TPSA) is 43.4 Å². The molecule has 0 saturated carbocycles. The van der Waals surface area contributed by atoms with E-state index in [4.69, 9.17) is 4.74 Å². The van der Waals surface area contributed by atoms with Gasteiger partial charge in [0.1, 0.15) is 5.75 Å². The summed E-state index contributed by atoms with van der Waals surface area (Å²) in [4.78, 5) is 25.9. The minimum absolute atomic E-state index is 0.144. The number of ether oxygens (including phenoxy) is 1. The van der Waals surface area contributed by atoms with E-state index in [-0.39, 0.29) is 18.0 Å². The third kappa shape index (κ3) is 16.0. The lowest BCUT2D eigenvalue weighted by atomic mass is 9.97. The van der Waals surface area contributed by atoms with Gasteiger partial charge in [-0.25, -0.2) is 0 Å². The summed E-state index contributed by atoms with van der Waals surface area (Å²) in [5.41, 5.74) is 4.70. The lowest BCUT2D eigenvalue weighted by Crippen LogP contribution is -2.09. The fourth-order valence-electron chi connectivity index (χ4n) is 6.24. The molecule has 0 aromatic heterocycles. The lowest BCUT2D eigenvalue weighted by molar-refractivity contribution is 0.0894. The number of benzene rings is 3. The second-order valence-corrected chi connectivity index (χ2v) is 13.4. The van der Waals surface area contributed by atoms with Gasteiger partial charge in [0.15, 0.2) is 11.6 Å². The van der Waals surface area contributed by atoms with Gasteiger partial charge < -0.3 is 4.74 Å². The molecule has 3 nitrogen and oxygen atoms in total. The molecule has 3 heteroatoms. The van der Waals surface area contributed by atoms with Gasteiger partial charge in [0.05, 0.1) is 13.0 Å². The number of rotatable bonds is 27. The summed E-state index contributed by atoms with van der Waals surface area (Å²) in [6, 6.07) is 23.7. The Morgan fingerprint density at radius 2 is 0.957 bits per heavy atom. The minimum atomic E-state index is -0.175. The fraction of sp³-hybridized carbons (Fsp3) is 0.545. The average Bonchev–Trinajstić information content (AvgIpc) is 3.10. The molecule has 0 amide bonds. The van der Waals surface area contributed by atoms with Crippen LogP contribution < -0.4 is 4.74 Å². The first-order chi connectivity index (χ1) is 23.1. The summed E-state index contributed by atoms with van der Waals surface area (Å²) in [7, 11) is 0. The van der Waals surface area contributed by atoms with E-state index in [9.17, 15) is 9.59 Å². The molecular weight excluding hydrogens is 576 g/mol. The molecule has 3 aromatic rings. The van der Waals surface area contributed by atoms with E-state index in [0.29, 0.717) is 23.5 Å². The maximum atomic E-state index is 13.0. The molecule has 0 aliphatic heterocycles. The maximum Gasteiger partial charge on any atom is 0.170 e. The second kappa shape index (κ2) is 24.0. The Hall–Kier alpha value is -3.20. The first-order valence-corrected chi connectivity index (χ1v) is 19.1. The van der Waals surface area contributed by atoms with Crippen molar-refractivity contribution >= 4 is 11.6 Å². The van der Waals surface area contributed by atoms with Gasteiger partial charge in [-0.1, -0.05) is 184 Å². The first kappa shape index (κ1) is 38.2. The van der Waals surface area contributed by atoms with Crippen LogP contribution in [0, 0.1) is 0 Å². The standard InChI is InChI=1S/C44H62O3/c1-3-5-7-9-11-13-14-16-18-20-23-37-26-28-38(29-27-37)39-30-32-40(33-31-39)43(45)36-44(46)41-24-22-25-42(35-41)47-34-21-19-17-15-12-10-8-6-4-2/h22,24-33,35H,3-21,23,34,36H2,1-2H3. The van der Waals surface area contributed by atoms with Crippen LogP contribution in [0.5, 0.6) is 5.75 Å². The van der Waals surface area contributed by atoms with Crippen molar-refractivity contribution in [3.8, 4) is 16.9 Å². The van der Waals surface area contributed by atoms with E-state index in [1.807, 2.05) is 36.4 Å². The highest BCUT2D eigenvalue weighted by molar-refractivity contribution is 6.13. The second-order valence-electron chi connectivity index (χ2n) is 13.4. The van der Waals surface area contributed by atoms with Crippen LogP contribution in [0.1, 0.15) is 169 Å². The van der Waals surface area contributed by atoms with Gasteiger partial charge in [-0.15, -0.1) is 0 Å². The summed E-state index contributed by atoms with van der Waals surface area (Å²) in [5, 5.41) is 0. The molecule has 0 N–H and O–H groups in total. The molecule has 0 aliphatic rings.